The molecule has 0 aliphatic rings. The minimum atomic E-state index is -0.515. The van der Waals surface area contributed by atoms with E-state index < -0.39 is 4.92 Å². The molecule has 0 fully saturated rings. The van der Waals surface area contributed by atoms with Crippen LogP contribution in [0.3, 0.4) is 0 Å². The van der Waals surface area contributed by atoms with E-state index in [0.717, 1.165) is 5.69 Å². The van der Waals surface area contributed by atoms with E-state index in [1.54, 1.807) is 10.9 Å². The summed E-state index contributed by atoms with van der Waals surface area (Å²) >= 11 is 0. The summed E-state index contributed by atoms with van der Waals surface area (Å²) in [7, 11) is 0. The number of aryl methyl sites for hydroxylation is 2. The maximum absolute atomic E-state index is 12.0. The van der Waals surface area contributed by atoms with E-state index in [9.17, 15) is 14.9 Å². The van der Waals surface area contributed by atoms with Gasteiger partial charge in [0, 0.05) is 12.7 Å². The van der Waals surface area contributed by atoms with E-state index in [2.05, 4.69) is 15.5 Å². The second kappa shape index (κ2) is 6.37. The van der Waals surface area contributed by atoms with Crippen LogP contribution >= 0.6 is 0 Å². The number of rotatable bonds is 6. The molecule has 1 N–H and O–H groups in total. The standard InChI is InChI=1S/C13H18N6O3/c1-4-18-11(5-6-14-18)9(2)15-13(20)8-17-7-12(19(21)22)10(3)16-17/h5-7,9H,4,8H2,1-3H3,(H,15,20). The van der Waals surface area contributed by atoms with Crippen LogP contribution in [0.5, 0.6) is 0 Å². The molecule has 0 aliphatic carbocycles. The van der Waals surface area contributed by atoms with E-state index in [-0.39, 0.29) is 29.9 Å². The summed E-state index contributed by atoms with van der Waals surface area (Å²) in [5.41, 5.74) is 1.10. The SMILES string of the molecule is CCn1nccc1C(C)NC(=O)Cn1cc([N+](=O)[O-])c(C)n1. The van der Waals surface area contributed by atoms with Crippen LogP contribution in [-0.2, 0) is 17.9 Å². The molecule has 0 bridgehead atoms. The molecule has 0 aliphatic heterocycles. The molecular formula is C13H18N6O3. The molecule has 1 unspecified atom stereocenters. The number of carbonyl (C=O) groups is 1. The van der Waals surface area contributed by atoms with Gasteiger partial charge in [0.15, 0.2) is 0 Å². The number of amides is 1. The Balaban J connectivity index is 2.01. The van der Waals surface area contributed by atoms with E-state index in [1.165, 1.54) is 17.8 Å². The second-order valence-corrected chi connectivity index (χ2v) is 4.92. The zero-order chi connectivity index (χ0) is 16.3. The Kier molecular flexibility index (Phi) is 4.54. The van der Waals surface area contributed by atoms with Crippen molar-refractivity contribution in [2.24, 2.45) is 0 Å². The summed E-state index contributed by atoms with van der Waals surface area (Å²) < 4.78 is 3.07. The number of nitro groups is 1. The lowest BCUT2D eigenvalue weighted by Gasteiger charge is -2.15. The topological polar surface area (TPSA) is 108 Å². The normalized spacial score (nSPS) is 12.1. The molecule has 0 spiro atoms. The van der Waals surface area contributed by atoms with Crippen LogP contribution in [0.1, 0.15) is 31.3 Å². The van der Waals surface area contributed by atoms with Crippen LogP contribution in [-0.4, -0.2) is 30.4 Å². The lowest BCUT2D eigenvalue weighted by Crippen LogP contribution is -2.31. The van der Waals surface area contributed by atoms with Gasteiger partial charge in [-0.05, 0) is 26.8 Å². The molecule has 2 aromatic rings. The van der Waals surface area contributed by atoms with Gasteiger partial charge in [-0.1, -0.05) is 0 Å². The fourth-order valence-electron chi connectivity index (χ4n) is 2.25. The van der Waals surface area contributed by atoms with Crippen LogP contribution in [0.4, 0.5) is 5.69 Å². The predicted octanol–water partition coefficient (Wildman–Crippen LogP) is 1.19. The number of nitrogens with zero attached hydrogens (tertiary/aromatic N) is 5. The largest absolute Gasteiger partial charge is 0.346 e. The van der Waals surface area contributed by atoms with Crippen molar-refractivity contribution in [3.8, 4) is 0 Å². The number of hydrogen-bond acceptors (Lipinski definition) is 5. The zero-order valence-corrected chi connectivity index (χ0v) is 12.7. The summed E-state index contributed by atoms with van der Waals surface area (Å²) in [6, 6.07) is 1.64. The Morgan fingerprint density at radius 1 is 1.55 bits per heavy atom. The van der Waals surface area contributed by atoms with Gasteiger partial charge in [-0.15, -0.1) is 0 Å². The van der Waals surface area contributed by atoms with Crippen LogP contribution in [0.15, 0.2) is 18.5 Å². The Morgan fingerprint density at radius 2 is 2.27 bits per heavy atom. The second-order valence-electron chi connectivity index (χ2n) is 4.92. The van der Waals surface area contributed by atoms with Gasteiger partial charge in [0.25, 0.3) is 0 Å². The number of hydrogen-bond donors (Lipinski definition) is 1. The quantitative estimate of drug-likeness (QED) is 0.637. The number of nitrogens with one attached hydrogen (secondary N) is 1. The molecule has 118 valence electrons. The van der Waals surface area contributed by atoms with Gasteiger partial charge in [-0.2, -0.15) is 10.2 Å². The lowest BCUT2D eigenvalue weighted by atomic mass is 10.2. The van der Waals surface area contributed by atoms with Crippen molar-refractivity contribution in [1.82, 2.24) is 24.9 Å². The Hall–Kier alpha value is -2.71. The molecule has 9 heteroatoms. The van der Waals surface area contributed by atoms with Crippen molar-refractivity contribution in [3.05, 3.63) is 40.0 Å². The van der Waals surface area contributed by atoms with Crippen molar-refractivity contribution < 1.29 is 9.72 Å². The van der Waals surface area contributed by atoms with E-state index in [0.29, 0.717) is 6.54 Å². The summed E-state index contributed by atoms with van der Waals surface area (Å²) in [5, 5.41) is 21.7. The first-order chi connectivity index (χ1) is 10.4. The third-order valence-electron chi connectivity index (χ3n) is 3.29. The molecule has 1 atom stereocenters. The summed E-state index contributed by atoms with van der Waals surface area (Å²) in [6.45, 7) is 6.01. The van der Waals surface area contributed by atoms with Gasteiger partial charge in [-0.3, -0.25) is 24.3 Å². The maximum Gasteiger partial charge on any atom is 0.309 e. The highest BCUT2D eigenvalue weighted by Gasteiger charge is 2.18. The lowest BCUT2D eigenvalue weighted by molar-refractivity contribution is -0.385. The van der Waals surface area contributed by atoms with Crippen molar-refractivity contribution >= 4 is 11.6 Å². The van der Waals surface area contributed by atoms with Crippen LogP contribution < -0.4 is 5.32 Å². The highest BCUT2D eigenvalue weighted by Crippen LogP contribution is 2.15. The molecule has 9 nitrogen and oxygen atoms in total. The number of carbonyl (C=O) groups excluding carboxylic acids is 1. The Labute approximate surface area is 127 Å². The van der Waals surface area contributed by atoms with Crippen LogP contribution in [0, 0.1) is 17.0 Å². The average Bonchev–Trinajstić information content (AvgIpc) is 3.04. The Bertz CT molecular complexity index is 690. The average molecular weight is 306 g/mol. The van der Waals surface area contributed by atoms with Gasteiger partial charge in [0.05, 0.1) is 16.7 Å². The number of aromatic nitrogens is 4. The minimum absolute atomic E-state index is 0.0702. The molecule has 0 saturated heterocycles. The van der Waals surface area contributed by atoms with E-state index >= 15 is 0 Å². The predicted molar refractivity (Wildman–Crippen MR) is 78.1 cm³/mol. The monoisotopic (exact) mass is 306 g/mol. The smallest absolute Gasteiger partial charge is 0.309 e. The molecule has 22 heavy (non-hydrogen) atoms. The van der Waals surface area contributed by atoms with Crippen molar-refractivity contribution in [2.45, 2.75) is 39.9 Å². The van der Waals surface area contributed by atoms with Crippen LogP contribution in [0.25, 0.3) is 0 Å². The molecule has 2 rings (SSSR count). The third kappa shape index (κ3) is 3.30. The summed E-state index contributed by atoms with van der Waals surface area (Å²) in [4.78, 5) is 22.3. The van der Waals surface area contributed by atoms with Gasteiger partial charge >= 0.3 is 5.69 Å². The molecule has 1 amide bonds. The first-order valence-electron chi connectivity index (χ1n) is 6.91. The zero-order valence-electron chi connectivity index (χ0n) is 12.7. The maximum atomic E-state index is 12.0. The van der Waals surface area contributed by atoms with Crippen molar-refractivity contribution in [3.63, 3.8) is 0 Å². The van der Waals surface area contributed by atoms with Gasteiger partial charge in [-0.25, -0.2) is 0 Å². The van der Waals surface area contributed by atoms with Crippen LogP contribution in [0.2, 0.25) is 0 Å². The van der Waals surface area contributed by atoms with Crippen molar-refractivity contribution in [2.75, 3.05) is 0 Å². The molecule has 2 aromatic heterocycles. The first-order valence-corrected chi connectivity index (χ1v) is 6.91. The molecule has 0 radical (unpaired) electrons. The van der Waals surface area contributed by atoms with Gasteiger partial charge in [0.1, 0.15) is 18.4 Å². The van der Waals surface area contributed by atoms with Gasteiger partial charge < -0.3 is 5.32 Å². The Morgan fingerprint density at radius 3 is 2.86 bits per heavy atom. The first kappa shape index (κ1) is 15.7. The summed E-state index contributed by atoms with van der Waals surface area (Å²) in [5.74, 6) is -0.270. The molecule has 0 aromatic carbocycles. The van der Waals surface area contributed by atoms with Crippen molar-refractivity contribution in [1.29, 1.82) is 0 Å². The highest BCUT2D eigenvalue weighted by atomic mass is 16.6. The van der Waals surface area contributed by atoms with Gasteiger partial charge in [0.2, 0.25) is 5.91 Å². The molecular weight excluding hydrogens is 288 g/mol. The highest BCUT2D eigenvalue weighted by molar-refractivity contribution is 5.76. The third-order valence-corrected chi connectivity index (χ3v) is 3.29. The molecule has 2 heterocycles. The fourth-order valence-corrected chi connectivity index (χ4v) is 2.25. The van der Waals surface area contributed by atoms with E-state index in [4.69, 9.17) is 0 Å². The van der Waals surface area contributed by atoms with E-state index in [1.807, 2.05) is 19.9 Å². The fraction of sp³-hybridized carbons (Fsp3) is 0.462. The minimum Gasteiger partial charge on any atom is -0.346 e. The molecule has 0 saturated carbocycles. The summed E-state index contributed by atoms with van der Waals surface area (Å²) in [6.07, 6.45) is 2.94.